The summed E-state index contributed by atoms with van der Waals surface area (Å²) in [7, 11) is 1.91. The molecule has 0 spiro atoms. The molecule has 5 nitrogen and oxygen atoms in total. The zero-order valence-corrected chi connectivity index (χ0v) is 8.61. The van der Waals surface area contributed by atoms with Crippen molar-refractivity contribution in [3.63, 3.8) is 0 Å². The van der Waals surface area contributed by atoms with Gasteiger partial charge in [-0.1, -0.05) is 0 Å². The molecule has 0 fully saturated rings. The van der Waals surface area contributed by atoms with Crippen LogP contribution >= 0.6 is 0 Å². The lowest BCUT2D eigenvalue weighted by atomic mass is 10.2. The topological polar surface area (TPSA) is 72.9 Å². The number of carbonyl (C=O) groups is 1. The molecule has 1 aromatic carbocycles. The molecule has 0 aliphatic carbocycles. The van der Waals surface area contributed by atoms with Crippen LogP contribution in [0.15, 0.2) is 18.2 Å². The number of nitrogens with zero attached hydrogens (tertiary/aromatic N) is 2. The van der Waals surface area contributed by atoms with Crippen molar-refractivity contribution in [1.82, 2.24) is 15.0 Å². The summed E-state index contributed by atoms with van der Waals surface area (Å²) in [4.78, 5) is 15.6. The lowest BCUT2D eigenvalue weighted by Crippen LogP contribution is -2.29. The minimum atomic E-state index is -0.296. The largest absolute Gasteiger partial charge is 0.331 e. The number of imidazole rings is 1. The fourth-order valence-electron chi connectivity index (χ4n) is 1.53. The van der Waals surface area contributed by atoms with Gasteiger partial charge in [0.05, 0.1) is 11.0 Å². The van der Waals surface area contributed by atoms with E-state index in [-0.39, 0.29) is 5.91 Å². The molecule has 15 heavy (non-hydrogen) atoms. The first-order chi connectivity index (χ1) is 7.13. The summed E-state index contributed by atoms with van der Waals surface area (Å²) in [6, 6.07) is 5.29. The highest BCUT2D eigenvalue weighted by Crippen LogP contribution is 2.16. The Kier molecular flexibility index (Phi) is 2.17. The second kappa shape index (κ2) is 3.36. The minimum absolute atomic E-state index is 0.296. The van der Waals surface area contributed by atoms with E-state index in [9.17, 15) is 4.79 Å². The first-order valence-corrected chi connectivity index (χ1v) is 4.57. The molecule has 78 valence electrons. The molecule has 0 unspecified atom stereocenters. The molecule has 2 aromatic rings. The number of benzene rings is 1. The van der Waals surface area contributed by atoms with E-state index >= 15 is 0 Å². The molecule has 0 aliphatic rings. The van der Waals surface area contributed by atoms with Gasteiger partial charge in [0.15, 0.2) is 0 Å². The van der Waals surface area contributed by atoms with Gasteiger partial charge in [0.2, 0.25) is 0 Å². The predicted octanol–water partition coefficient (Wildman–Crippen LogP) is 0.485. The Morgan fingerprint density at radius 1 is 1.53 bits per heavy atom. The number of amides is 1. The second-order valence-electron chi connectivity index (χ2n) is 3.39. The van der Waals surface area contributed by atoms with Gasteiger partial charge in [0.1, 0.15) is 5.82 Å². The molecular weight excluding hydrogens is 192 g/mol. The molecule has 1 aromatic heterocycles. The fourth-order valence-corrected chi connectivity index (χ4v) is 1.53. The van der Waals surface area contributed by atoms with Crippen LogP contribution in [0.5, 0.6) is 0 Å². The van der Waals surface area contributed by atoms with Gasteiger partial charge >= 0.3 is 0 Å². The van der Waals surface area contributed by atoms with Gasteiger partial charge < -0.3 is 4.57 Å². The first-order valence-electron chi connectivity index (χ1n) is 4.57. The quantitative estimate of drug-likeness (QED) is 0.403. The number of nitrogens with one attached hydrogen (secondary N) is 1. The molecular formula is C10H12N4O. The van der Waals surface area contributed by atoms with Crippen LogP contribution in [0.1, 0.15) is 16.2 Å². The maximum Gasteiger partial charge on any atom is 0.265 e. The highest BCUT2D eigenvalue weighted by molar-refractivity contribution is 5.97. The third kappa shape index (κ3) is 1.46. The van der Waals surface area contributed by atoms with E-state index in [0.29, 0.717) is 5.56 Å². The number of aromatic nitrogens is 2. The molecule has 0 atom stereocenters. The average Bonchev–Trinajstić information content (AvgIpc) is 2.54. The smallest absolute Gasteiger partial charge is 0.265 e. The number of nitrogens with two attached hydrogens (primary N) is 1. The van der Waals surface area contributed by atoms with Crippen molar-refractivity contribution in [3.8, 4) is 0 Å². The monoisotopic (exact) mass is 204 g/mol. The molecule has 0 aliphatic heterocycles. The van der Waals surface area contributed by atoms with Crippen molar-refractivity contribution in [2.24, 2.45) is 12.9 Å². The summed E-state index contributed by atoms with van der Waals surface area (Å²) in [6.45, 7) is 1.92. The summed E-state index contributed by atoms with van der Waals surface area (Å²) in [5.41, 5.74) is 4.44. The number of rotatable bonds is 1. The Labute approximate surface area is 86.9 Å². The van der Waals surface area contributed by atoms with Crippen LogP contribution in [-0.2, 0) is 7.05 Å². The summed E-state index contributed by atoms with van der Waals surface area (Å²) in [5.74, 6) is 5.69. The predicted molar refractivity (Wildman–Crippen MR) is 57.1 cm³/mol. The van der Waals surface area contributed by atoms with Crippen LogP contribution in [0.25, 0.3) is 11.0 Å². The van der Waals surface area contributed by atoms with Crippen molar-refractivity contribution in [2.75, 3.05) is 0 Å². The highest BCUT2D eigenvalue weighted by Gasteiger charge is 2.08. The number of aryl methyl sites for hydroxylation is 2. The van der Waals surface area contributed by atoms with E-state index in [1.54, 1.807) is 12.1 Å². The van der Waals surface area contributed by atoms with Gasteiger partial charge in [0.25, 0.3) is 5.91 Å². The third-order valence-corrected chi connectivity index (χ3v) is 2.50. The molecule has 0 bridgehead atoms. The summed E-state index contributed by atoms with van der Waals surface area (Å²) >= 11 is 0. The summed E-state index contributed by atoms with van der Waals surface area (Å²) in [6.07, 6.45) is 0. The standard InChI is InChI=1S/C10H12N4O/c1-6-12-8-4-3-7(10(15)13-11)5-9(8)14(6)2/h3-5H,11H2,1-2H3,(H,13,15). The normalized spacial score (nSPS) is 10.6. The second-order valence-corrected chi connectivity index (χ2v) is 3.39. The molecule has 1 amide bonds. The Hall–Kier alpha value is -1.88. The highest BCUT2D eigenvalue weighted by atomic mass is 16.2. The molecule has 3 N–H and O–H groups in total. The fraction of sp³-hybridized carbons (Fsp3) is 0.200. The van der Waals surface area contributed by atoms with Crippen molar-refractivity contribution in [3.05, 3.63) is 29.6 Å². The van der Waals surface area contributed by atoms with Gasteiger partial charge in [-0.15, -0.1) is 0 Å². The van der Waals surface area contributed by atoms with Gasteiger partial charge in [0, 0.05) is 12.6 Å². The number of hydrogen-bond acceptors (Lipinski definition) is 3. The number of hydrogen-bond donors (Lipinski definition) is 2. The van der Waals surface area contributed by atoms with Gasteiger partial charge in [-0.25, -0.2) is 10.8 Å². The summed E-state index contributed by atoms with van der Waals surface area (Å²) < 4.78 is 1.93. The number of fused-ring (bicyclic) bond motifs is 1. The van der Waals surface area contributed by atoms with Crippen LogP contribution in [-0.4, -0.2) is 15.5 Å². The summed E-state index contributed by atoms with van der Waals surface area (Å²) in [5, 5.41) is 0. The molecule has 5 heteroatoms. The lowest BCUT2D eigenvalue weighted by Gasteiger charge is -2.00. The van der Waals surface area contributed by atoms with Crippen LogP contribution in [0.2, 0.25) is 0 Å². The molecule has 0 saturated heterocycles. The zero-order valence-electron chi connectivity index (χ0n) is 8.61. The Morgan fingerprint density at radius 3 is 2.93 bits per heavy atom. The third-order valence-electron chi connectivity index (χ3n) is 2.50. The Bertz CT molecular complexity index is 529. The number of carbonyl (C=O) groups excluding carboxylic acids is 1. The van der Waals surface area contributed by atoms with Crippen LogP contribution in [0.3, 0.4) is 0 Å². The Balaban J connectivity index is 2.64. The van der Waals surface area contributed by atoms with E-state index in [1.165, 1.54) is 0 Å². The maximum atomic E-state index is 11.3. The number of nitrogen functional groups attached to an aromatic ring is 1. The van der Waals surface area contributed by atoms with E-state index < -0.39 is 0 Å². The maximum absolute atomic E-state index is 11.3. The average molecular weight is 204 g/mol. The van der Waals surface area contributed by atoms with E-state index in [0.717, 1.165) is 16.9 Å². The SMILES string of the molecule is Cc1nc2ccc(C(=O)NN)cc2n1C. The van der Waals surface area contributed by atoms with E-state index in [4.69, 9.17) is 5.84 Å². The molecule has 0 radical (unpaired) electrons. The van der Waals surface area contributed by atoms with Crippen molar-refractivity contribution < 1.29 is 4.79 Å². The van der Waals surface area contributed by atoms with Gasteiger partial charge in [-0.2, -0.15) is 0 Å². The lowest BCUT2D eigenvalue weighted by molar-refractivity contribution is 0.0954. The zero-order chi connectivity index (χ0) is 11.0. The van der Waals surface area contributed by atoms with Gasteiger partial charge in [-0.05, 0) is 25.1 Å². The molecule has 1 heterocycles. The van der Waals surface area contributed by atoms with Gasteiger partial charge in [-0.3, -0.25) is 10.2 Å². The first kappa shape index (κ1) is 9.67. The minimum Gasteiger partial charge on any atom is -0.331 e. The molecule has 0 saturated carbocycles. The number of hydrazine groups is 1. The van der Waals surface area contributed by atoms with Crippen molar-refractivity contribution >= 4 is 16.9 Å². The van der Waals surface area contributed by atoms with E-state index in [1.807, 2.05) is 24.6 Å². The van der Waals surface area contributed by atoms with Crippen LogP contribution < -0.4 is 11.3 Å². The van der Waals surface area contributed by atoms with Crippen molar-refractivity contribution in [2.45, 2.75) is 6.92 Å². The van der Waals surface area contributed by atoms with Crippen LogP contribution in [0.4, 0.5) is 0 Å². The molecule has 2 rings (SSSR count). The van der Waals surface area contributed by atoms with E-state index in [2.05, 4.69) is 10.4 Å². The van der Waals surface area contributed by atoms with Crippen molar-refractivity contribution in [1.29, 1.82) is 0 Å². The van der Waals surface area contributed by atoms with Crippen LogP contribution in [0, 0.1) is 6.92 Å². The Morgan fingerprint density at radius 2 is 2.27 bits per heavy atom.